The highest BCUT2D eigenvalue weighted by molar-refractivity contribution is 7.90. The molecule has 2 fully saturated rings. The van der Waals surface area contributed by atoms with E-state index in [1.165, 1.54) is 6.07 Å². The van der Waals surface area contributed by atoms with Crippen LogP contribution in [0.4, 0.5) is 5.82 Å². The second kappa shape index (κ2) is 5.03. The van der Waals surface area contributed by atoms with Crippen molar-refractivity contribution in [2.75, 3.05) is 30.8 Å². The molecular formula is C13H18N4O3S. The summed E-state index contributed by atoms with van der Waals surface area (Å²) >= 11 is 0. The average molecular weight is 310 g/mol. The van der Waals surface area contributed by atoms with Gasteiger partial charge >= 0.3 is 0 Å². The third-order valence-electron chi connectivity index (χ3n) is 4.27. The number of hydrogen-bond acceptors (Lipinski definition) is 6. The second-order valence-electron chi connectivity index (χ2n) is 5.91. The van der Waals surface area contributed by atoms with Gasteiger partial charge in [-0.1, -0.05) is 0 Å². The third kappa shape index (κ3) is 2.77. The molecule has 7 nitrogen and oxygen atoms in total. The van der Waals surface area contributed by atoms with Gasteiger partial charge in [0.05, 0.1) is 0 Å². The summed E-state index contributed by atoms with van der Waals surface area (Å²) in [6, 6.07) is 2.96. The lowest BCUT2D eigenvalue weighted by Gasteiger charge is -2.32. The molecule has 1 spiro atoms. The summed E-state index contributed by atoms with van der Waals surface area (Å²) in [7, 11) is -3.37. The van der Waals surface area contributed by atoms with Crippen LogP contribution in [0.1, 0.15) is 19.3 Å². The number of aromatic nitrogens is 2. The van der Waals surface area contributed by atoms with Crippen LogP contribution in [0, 0.1) is 5.41 Å². The molecule has 0 bridgehead atoms. The highest BCUT2D eigenvalue weighted by atomic mass is 32.2. The summed E-state index contributed by atoms with van der Waals surface area (Å²) in [4.78, 5) is 13.9. The molecule has 2 aliphatic rings. The fourth-order valence-corrected chi connectivity index (χ4v) is 3.56. The van der Waals surface area contributed by atoms with E-state index in [0.29, 0.717) is 18.8 Å². The van der Waals surface area contributed by atoms with Crippen molar-refractivity contribution in [2.24, 2.45) is 5.41 Å². The molecule has 3 heterocycles. The van der Waals surface area contributed by atoms with Gasteiger partial charge in [-0.05, 0) is 43.5 Å². The van der Waals surface area contributed by atoms with E-state index in [1.807, 2.05) is 0 Å². The summed E-state index contributed by atoms with van der Waals surface area (Å²) in [6.07, 6.45) is 3.57. The van der Waals surface area contributed by atoms with E-state index in [2.05, 4.69) is 15.5 Å². The van der Waals surface area contributed by atoms with Crippen LogP contribution in [-0.2, 0) is 14.6 Å². The van der Waals surface area contributed by atoms with Crippen LogP contribution >= 0.6 is 0 Å². The first-order valence-electron chi connectivity index (χ1n) is 6.95. The number of nitrogens with zero attached hydrogens (tertiary/aromatic N) is 3. The number of nitrogens with one attached hydrogen (secondary N) is 1. The Labute approximate surface area is 123 Å². The molecule has 1 amide bonds. The molecule has 2 saturated heterocycles. The van der Waals surface area contributed by atoms with Crippen molar-refractivity contribution in [3.05, 3.63) is 12.1 Å². The Morgan fingerprint density at radius 1 is 1.24 bits per heavy atom. The molecule has 1 aromatic heterocycles. The van der Waals surface area contributed by atoms with Crippen molar-refractivity contribution in [3.63, 3.8) is 0 Å². The summed E-state index contributed by atoms with van der Waals surface area (Å²) < 4.78 is 22.8. The van der Waals surface area contributed by atoms with Crippen molar-refractivity contribution in [3.8, 4) is 0 Å². The highest BCUT2D eigenvalue weighted by Gasteiger charge is 2.44. The standard InChI is InChI=1S/C13H18N4O3S/c1-21(19,20)11-3-2-10(15-16-11)17-9-13(8-12(17)18)4-6-14-7-5-13/h2-3,14H,4-9H2,1H3. The minimum atomic E-state index is -3.37. The summed E-state index contributed by atoms with van der Waals surface area (Å²) in [6.45, 7) is 2.50. The number of sulfone groups is 1. The lowest BCUT2D eigenvalue weighted by atomic mass is 9.78. The van der Waals surface area contributed by atoms with E-state index < -0.39 is 9.84 Å². The molecule has 0 saturated carbocycles. The highest BCUT2D eigenvalue weighted by Crippen LogP contribution is 2.40. The molecule has 3 rings (SSSR count). The number of hydrogen-bond donors (Lipinski definition) is 1. The van der Waals surface area contributed by atoms with Crippen LogP contribution in [0.25, 0.3) is 0 Å². The second-order valence-corrected chi connectivity index (χ2v) is 7.87. The summed E-state index contributed by atoms with van der Waals surface area (Å²) in [5.41, 5.74) is 0.0273. The molecule has 0 unspecified atom stereocenters. The van der Waals surface area contributed by atoms with Gasteiger partial charge < -0.3 is 5.32 Å². The zero-order chi connectivity index (χ0) is 15.1. The third-order valence-corrected chi connectivity index (χ3v) is 5.24. The fraction of sp³-hybridized carbons (Fsp3) is 0.615. The maximum absolute atomic E-state index is 12.2. The molecule has 114 valence electrons. The normalized spacial score (nSPS) is 22.0. The number of rotatable bonds is 2. The minimum absolute atomic E-state index is 0.0273. The van der Waals surface area contributed by atoms with E-state index in [1.54, 1.807) is 11.0 Å². The largest absolute Gasteiger partial charge is 0.317 e. The van der Waals surface area contributed by atoms with Crippen LogP contribution in [0.5, 0.6) is 0 Å². The van der Waals surface area contributed by atoms with Gasteiger partial charge in [0.15, 0.2) is 20.7 Å². The molecular weight excluding hydrogens is 292 g/mol. The van der Waals surface area contributed by atoms with Crippen molar-refractivity contribution >= 4 is 21.6 Å². The monoisotopic (exact) mass is 310 g/mol. The topological polar surface area (TPSA) is 92.3 Å². The first-order valence-corrected chi connectivity index (χ1v) is 8.84. The molecule has 2 aliphatic heterocycles. The quantitative estimate of drug-likeness (QED) is 0.826. The van der Waals surface area contributed by atoms with Gasteiger partial charge in [0.1, 0.15) is 0 Å². The van der Waals surface area contributed by atoms with E-state index in [9.17, 15) is 13.2 Å². The van der Waals surface area contributed by atoms with Crippen LogP contribution in [0.15, 0.2) is 17.2 Å². The Balaban J connectivity index is 1.82. The summed E-state index contributed by atoms with van der Waals surface area (Å²) in [5, 5.41) is 10.9. The SMILES string of the molecule is CS(=O)(=O)c1ccc(N2CC3(CCNCC3)CC2=O)nn1. The molecule has 0 aromatic carbocycles. The minimum Gasteiger partial charge on any atom is -0.317 e. The van der Waals surface area contributed by atoms with Crippen molar-refractivity contribution in [2.45, 2.75) is 24.3 Å². The van der Waals surface area contributed by atoms with Gasteiger partial charge in [-0.3, -0.25) is 9.69 Å². The fourth-order valence-electron chi connectivity index (χ4n) is 3.05. The van der Waals surface area contributed by atoms with Crippen molar-refractivity contribution in [1.82, 2.24) is 15.5 Å². The zero-order valence-electron chi connectivity index (χ0n) is 11.9. The Morgan fingerprint density at radius 2 is 1.95 bits per heavy atom. The number of anilines is 1. The zero-order valence-corrected chi connectivity index (χ0v) is 12.7. The van der Waals surface area contributed by atoms with Gasteiger partial charge in [-0.25, -0.2) is 8.42 Å². The van der Waals surface area contributed by atoms with E-state index in [4.69, 9.17) is 0 Å². The van der Waals surface area contributed by atoms with Crippen molar-refractivity contribution < 1.29 is 13.2 Å². The smallest absolute Gasteiger partial charge is 0.228 e. The van der Waals surface area contributed by atoms with Gasteiger partial charge in [0.2, 0.25) is 5.91 Å². The molecule has 1 aromatic rings. The van der Waals surface area contributed by atoms with Gasteiger partial charge in [0.25, 0.3) is 0 Å². The lowest BCUT2D eigenvalue weighted by Crippen LogP contribution is -2.38. The maximum Gasteiger partial charge on any atom is 0.228 e. The predicted molar refractivity (Wildman–Crippen MR) is 76.6 cm³/mol. The van der Waals surface area contributed by atoms with Crippen LogP contribution in [0.2, 0.25) is 0 Å². The molecule has 21 heavy (non-hydrogen) atoms. The molecule has 0 atom stereocenters. The Morgan fingerprint density at radius 3 is 2.52 bits per heavy atom. The Hall–Kier alpha value is -1.54. The number of amides is 1. The average Bonchev–Trinajstić information content (AvgIpc) is 2.75. The van der Waals surface area contributed by atoms with Gasteiger partial charge in [-0.2, -0.15) is 0 Å². The molecule has 0 radical (unpaired) electrons. The van der Waals surface area contributed by atoms with Gasteiger partial charge in [-0.15, -0.1) is 10.2 Å². The van der Waals surface area contributed by atoms with E-state index in [-0.39, 0.29) is 16.3 Å². The van der Waals surface area contributed by atoms with E-state index >= 15 is 0 Å². The molecule has 8 heteroatoms. The Kier molecular flexibility index (Phi) is 3.45. The van der Waals surface area contributed by atoms with Crippen LogP contribution < -0.4 is 10.2 Å². The van der Waals surface area contributed by atoms with Gasteiger partial charge in [0, 0.05) is 19.2 Å². The predicted octanol–water partition coefficient (Wildman–Crippen LogP) is -0.0134. The number of carbonyl (C=O) groups excluding carboxylic acids is 1. The van der Waals surface area contributed by atoms with Crippen molar-refractivity contribution in [1.29, 1.82) is 0 Å². The first-order chi connectivity index (χ1) is 9.90. The van der Waals surface area contributed by atoms with Crippen LogP contribution in [-0.4, -0.2) is 50.4 Å². The van der Waals surface area contributed by atoms with E-state index in [0.717, 1.165) is 32.2 Å². The lowest BCUT2D eigenvalue weighted by molar-refractivity contribution is -0.118. The van der Waals surface area contributed by atoms with Crippen LogP contribution in [0.3, 0.4) is 0 Å². The number of piperidine rings is 1. The number of carbonyl (C=O) groups is 1. The first kappa shape index (κ1) is 14.4. The summed E-state index contributed by atoms with van der Waals surface area (Å²) in [5.74, 6) is 0.473. The maximum atomic E-state index is 12.2. The Bertz CT molecular complexity index is 650. The molecule has 0 aliphatic carbocycles. The molecule has 1 N–H and O–H groups in total.